The van der Waals surface area contributed by atoms with Gasteiger partial charge in [0.15, 0.2) is 0 Å². The van der Waals surface area contributed by atoms with E-state index in [9.17, 15) is 8.42 Å². The monoisotopic (exact) mass is 120 g/mol. The smallest absolute Gasteiger partial charge is 0.179 e. The number of rotatable bonds is 2. The van der Waals surface area contributed by atoms with E-state index in [0.29, 0.717) is 0 Å². The Bertz CT molecular complexity index is 154. The summed E-state index contributed by atoms with van der Waals surface area (Å²) in [6, 6.07) is 0. The van der Waals surface area contributed by atoms with E-state index in [2.05, 4.69) is 22.2 Å². The Morgan fingerprint density at radius 3 is 1.43 bits per heavy atom. The van der Waals surface area contributed by atoms with Crippen molar-refractivity contribution in [2.75, 3.05) is 0 Å². The Balaban J connectivity index is 4.49. The van der Waals surface area contributed by atoms with Crippen LogP contribution in [-0.2, 0) is 10.2 Å². The standard InChI is InChI=1S/C2H4N2O2S/c1-3-7(5,6)4-2/h1-2H2. The van der Waals surface area contributed by atoms with Gasteiger partial charge in [-0.2, -0.15) is 17.2 Å². The summed E-state index contributed by atoms with van der Waals surface area (Å²) in [4.78, 5) is 0. The summed E-state index contributed by atoms with van der Waals surface area (Å²) in [5.41, 5.74) is 0. The third-order valence-corrected chi connectivity index (χ3v) is 0.979. The van der Waals surface area contributed by atoms with Crippen LogP contribution in [0.4, 0.5) is 0 Å². The zero-order valence-corrected chi connectivity index (χ0v) is 4.35. The van der Waals surface area contributed by atoms with Gasteiger partial charge in [-0.1, -0.05) is 0 Å². The van der Waals surface area contributed by atoms with E-state index < -0.39 is 10.2 Å². The molecule has 40 valence electrons. The first-order valence-corrected chi connectivity index (χ1v) is 2.73. The highest BCUT2D eigenvalue weighted by Gasteiger charge is 1.93. The molecule has 0 amide bonds. The molecule has 0 aliphatic carbocycles. The lowest BCUT2D eigenvalue weighted by molar-refractivity contribution is 0.600. The van der Waals surface area contributed by atoms with Gasteiger partial charge in [0, 0.05) is 13.4 Å². The van der Waals surface area contributed by atoms with E-state index in [1.165, 1.54) is 0 Å². The molecule has 0 aliphatic rings. The van der Waals surface area contributed by atoms with Crippen LogP contribution in [0.25, 0.3) is 0 Å². The van der Waals surface area contributed by atoms with Crippen LogP contribution >= 0.6 is 0 Å². The van der Waals surface area contributed by atoms with E-state index in [1.807, 2.05) is 0 Å². The molecule has 0 atom stereocenters. The van der Waals surface area contributed by atoms with Gasteiger partial charge in [0.05, 0.1) is 0 Å². The van der Waals surface area contributed by atoms with Gasteiger partial charge in [0.1, 0.15) is 0 Å². The van der Waals surface area contributed by atoms with E-state index >= 15 is 0 Å². The van der Waals surface area contributed by atoms with Crippen molar-refractivity contribution in [3.05, 3.63) is 0 Å². The van der Waals surface area contributed by atoms with Crippen LogP contribution in [0, 0.1) is 0 Å². The van der Waals surface area contributed by atoms with Gasteiger partial charge in [-0.3, -0.25) is 0 Å². The van der Waals surface area contributed by atoms with Crippen LogP contribution in [-0.4, -0.2) is 21.9 Å². The van der Waals surface area contributed by atoms with Crippen LogP contribution in [0.1, 0.15) is 0 Å². The Labute approximate surface area is 41.8 Å². The molecule has 0 radical (unpaired) electrons. The third kappa shape index (κ3) is 2.05. The second-order valence-corrected chi connectivity index (χ2v) is 2.12. The molecule has 0 saturated carbocycles. The second kappa shape index (κ2) is 1.83. The highest BCUT2D eigenvalue weighted by molar-refractivity contribution is 7.88. The zero-order chi connectivity index (χ0) is 5.91. The highest BCUT2D eigenvalue weighted by atomic mass is 32.2. The van der Waals surface area contributed by atoms with Crippen LogP contribution in [0.15, 0.2) is 8.80 Å². The lowest BCUT2D eigenvalue weighted by Gasteiger charge is -1.77. The molecule has 0 bridgehead atoms. The minimum absolute atomic E-state index is 2.63. The van der Waals surface area contributed by atoms with Crippen LogP contribution in [0.5, 0.6) is 0 Å². The van der Waals surface area contributed by atoms with Crippen molar-refractivity contribution in [3.8, 4) is 0 Å². The first-order chi connectivity index (χ1) is 3.12. The van der Waals surface area contributed by atoms with Gasteiger partial charge in [0.25, 0.3) is 0 Å². The van der Waals surface area contributed by atoms with E-state index in [-0.39, 0.29) is 0 Å². The lowest BCUT2D eigenvalue weighted by Crippen LogP contribution is -1.84. The summed E-state index contributed by atoms with van der Waals surface area (Å²) < 4.78 is 25.1. The number of hydrogen-bond donors (Lipinski definition) is 0. The second-order valence-electron chi connectivity index (χ2n) is 0.706. The molecule has 4 nitrogen and oxygen atoms in total. The summed E-state index contributed by atoms with van der Waals surface area (Å²) in [7, 11) is -3.63. The van der Waals surface area contributed by atoms with Gasteiger partial charge < -0.3 is 0 Å². The van der Waals surface area contributed by atoms with E-state index in [1.54, 1.807) is 0 Å². The molecule has 5 heteroatoms. The molecule has 0 unspecified atom stereocenters. The molecule has 0 aromatic heterocycles. The van der Waals surface area contributed by atoms with Crippen molar-refractivity contribution in [2.24, 2.45) is 8.80 Å². The molecule has 7 heavy (non-hydrogen) atoms. The maximum Gasteiger partial charge on any atom is 0.361 e. The molecule has 0 N–H and O–H groups in total. The van der Waals surface area contributed by atoms with Crippen molar-refractivity contribution in [2.45, 2.75) is 0 Å². The Hall–Kier alpha value is -0.710. The maximum atomic E-state index is 9.91. The molecule has 0 aliphatic heterocycles. The quantitative estimate of drug-likeness (QED) is 0.467. The van der Waals surface area contributed by atoms with Crippen molar-refractivity contribution >= 4 is 23.6 Å². The fourth-order valence-electron chi connectivity index (χ4n) is 0.0408. The largest absolute Gasteiger partial charge is 0.361 e. The van der Waals surface area contributed by atoms with Gasteiger partial charge in [-0.15, -0.1) is 0 Å². The summed E-state index contributed by atoms with van der Waals surface area (Å²) in [6.07, 6.45) is 0. The normalized spacial score (nSPS) is 10.3. The molecular weight excluding hydrogens is 116 g/mol. The number of nitrogens with zero attached hydrogens (tertiary/aromatic N) is 2. The Morgan fingerprint density at radius 1 is 1.14 bits per heavy atom. The molecule has 0 heterocycles. The first-order valence-electron chi connectivity index (χ1n) is 1.33. The van der Waals surface area contributed by atoms with Crippen molar-refractivity contribution in [3.63, 3.8) is 0 Å². The summed E-state index contributed by atoms with van der Waals surface area (Å²) in [5, 5.41) is 0. The van der Waals surface area contributed by atoms with Crippen molar-refractivity contribution in [1.82, 2.24) is 0 Å². The lowest BCUT2D eigenvalue weighted by atomic mass is 11.8. The van der Waals surface area contributed by atoms with Gasteiger partial charge in [0.2, 0.25) is 0 Å². The Kier molecular flexibility index (Phi) is 1.65. The fourth-order valence-corrected chi connectivity index (χ4v) is 0.122. The predicted octanol–water partition coefficient (Wildman–Crippen LogP) is -0.368. The molecule has 0 aromatic rings. The van der Waals surface area contributed by atoms with Crippen molar-refractivity contribution < 1.29 is 8.42 Å². The van der Waals surface area contributed by atoms with Crippen LogP contribution in [0.2, 0.25) is 0 Å². The highest BCUT2D eigenvalue weighted by Crippen LogP contribution is 1.85. The summed E-state index contributed by atoms with van der Waals surface area (Å²) in [5.74, 6) is 0. The Morgan fingerprint density at radius 2 is 1.43 bits per heavy atom. The molecule has 0 saturated heterocycles. The van der Waals surface area contributed by atoms with Gasteiger partial charge >= 0.3 is 10.2 Å². The molecule has 0 spiro atoms. The van der Waals surface area contributed by atoms with Crippen LogP contribution in [0.3, 0.4) is 0 Å². The number of hydrogen-bond acceptors (Lipinski definition) is 2. The third-order valence-electron chi connectivity index (χ3n) is 0.326. The predicted molar refractivity (Wildman–Crippen MR) is 28.0 cm³/mol. The van der Waals surface area contributed by atoms with E-state index in [0.717, 1.165) is 0 Å². The maximum absolute atomic E-state index is 9.91. The van der Waals surface area contributed by atoms with Crippen LogP contribution < -0.4 is 0 Å². The average molecular weight is 120 g/mol. The molecular formula is C2H4N2O2S. The molecule has 0 aromatic carbocycles. The summed E-state index contributed by atoms with van der Waals surface area (Å²) >= 11 is 0. The first kappa shape index (κ1) is 6.29. The zero-order valence-electron chi connectivity index (χ0n) is 3.53. The van der Waals surface area contributed by atoms with Crippen molar-refractivity contribution in [1.29, 1.82) is 0 Å². The summed E-state index contributed by atoms with van der Waals surface area (Å²) in [6.45, 7) is 5.46. The molecule has 0 rings (SSSR count). The average Bonchev–Trinajstić information content (AvgIpc) is 1.68. The van der Waals surface area contributed by atoms with E-state index in [4.69, 9.17) is 0 Å². The minimum atomic E-state index is -3.63. The SMILES string of the molecule is C=NS(=O)(=O)N=C. The van der Waals surface area contributed by atoms with Gasteiger partial charge in [-0.25, -0.2) is 0 Å². The topological polar surface area (TPSA) is 58.9 Å². The van der Waals surface area contributed by atoms with Gasteiger partial charge in [-0.05, 0) is 0 Å². The minimum Gasteiger partial charge on any atom is -0.179 e. The molecule has 0 fully saturated rings. The fraction of sp³-hybridized carbons (Fsp3) is 0.